The molecule has 0 saturated heterocycles. The second kappa shape index (κ2) is 4.39. The number of rotatable bonds is 1. The molecule has 0 aromatic heterocycles. The number of aryl methyl sites for hydroxylation is 1. The molecule has 1 aromatic carbocycles. The molecule has 96 valence electrons. The average molecular weight is 245 g/mol. The number of carbonyl (C=O) groups is 1. The molecule has 0 spiro atoms. The highest BCUT2D eigenvalue weighted by atomic mass is 16.3. The first-order valence-electron chi connectivity index (χ1n) is 6.76. The molecule has 1 fully saturated rings. The predicted molar refractivity (Wildman–Crippen MR) is 69.3 cm³/mol. The van der Waals surface area contributed by atoms with E-state index in [0.717, 1.165) is 42.4 Å². The number of benzene rings is 1. The van der Waals surface area contributed by atoms with E-state index >= 15 is 0 Å². The first-order valence-corrected chi connectivity index (χ1v) is 6.76. The van der Waals surface area contributed by atoms with Crippen molar-refractivity contribution in [1.29, 1.82) is 0 Å². The van der Waals surface area contributed by atoms with Crippen LogP contribution in [0.4, 0.5) is 0 Å². The van der Waals surface area contributed by atoms with Crippen LogP contribution in [0.3, 0.4) is 0 Å². The number of hydrogen-bond acceptors (Lipinski definition) is 2. The smallest absolute Gasteiger partial charge is 0.255 e. The second-order valence-electron chi connectivity index (χ2n) is 5.46. The molecule has 0 radical (unpaired) electrons. The van der Waals surface area contributed by atoms with Crippen molar-refractivity contribution < 1.29 is 9.90 Å². The topological polar surface area (TPSA) is 40.5 Å². The van der Waals surface area contributed by atoms with Crippen molar-refractivity contribution in [1.82, 2.24) is 4.90 Å². The molecular weight excluding hydrogens is 226 g/mol. The Kier molecular flexibility index (Phi) is 2.86. The zero-order valence-corrected chi connectivity index (χ0v) is 10.7. The van der Waals surface area contributed by atoms with Crippen LogP contribution < -0.4 is 0 Å². The number of nitrogens with zero attached hydrogens (tertiary/aromatic N) is 1. The first-order chi connectivity index (χ1) is 8.68. The number of hydrogen-bond donors (Lipinski definition) is 1. The van der Waals surface area contributed by atoms with Crippen LogP contribution in [0, 0.1) is 6.92 Å². The van der Waals surface area contributed by atoms with Crippen molar-refractivity contribution in [3.05, 3.63) is 34.9 Å². The van der Waals surface area contributed by atoms with Gasteiger partial charge < -0.3 is 10.0 Å². The minimum absolute atomic E-state index is 0.0121. The summed E-state index contributed by atoms with van der Waals surface area (Å²) in [7, 11) is 0. The number of fused-ring (bicyclic) bond motifs is 1. The second-order valence-corrected chi connectivity index (χ2v) is 5.46. The summed E-state index contributed by atoms with van der Waals surface area (Å²) in [5, 5.41) is 10.1. The lowest BCUT2D eigenvalue weighted by Gasteiger charge is -2.35. The third-order valence-corrected chi connectivity index (χ3v) is 4.27. The van der Waals surface area contributed by atoms with Crippen molar-refractivity contribution >= 4 is 5.91 Å². The van der Waals surface area contributed by atoms with E-state index < -0.39 is 0 Å². The Hall–Kier alpha value is -1.35. The van der Waals surface area contributed by atoms with E-state index in [1.165, 1.54) is 0 Å². The van der Waals surface area contributed by atoms with E-state index in [1.54, 1.807) is 0 Å². The predicted octanol–water partition coefficient (Wildman–Crippen LogP) is 2.25. The molecule has 1 heterocycles. The molecule has 1 aromatic rings. The van der Waals surface area contributed by atoms with E-state index in [-0.39, 0.29) is 18.1 Å². The van der Waals surface area contributed by atoms with Gasteiger partial charge in [-0.15, -0.1) is 0 Å². The van der Waals surface area contributed by atoms with Crippen LogP contribution >= 0.6 is 0 Å². The lowest BCUT2D eigenvalue weighted by molar-refractivity contribution is 0.0191. The van der Waals surface area contributed by atoms with Crippen molar-refractivity contribution in [2.24, 2.45) is 0 Å². The maximum absolute atomic E-state index is 12.5. The molecule has 1 aliphatic carbocycles. The molecule has 3 heteroatoms. The highest BCUT2D eigenvalue weighted by Gasteiger charge is 2.37. The monoisotopic (exact) mass is 245 g/mol. The fourth-order valence-electron chi connectivity index (χ4n) is 3.29. The highest BCUT2D eigenvalue weighted by Crippen LogP contribution is 2.32. The van der Waals surface area contributed by atoms with Crippen molar-refractivity contribution in [3.8, 4) is 0 Å². The Morgan fingerprint density at radius 3 is 2.78 bits per heavy atom. The van der Waals surface area contributed by atoms with Gasteiger partial charge in [-0.1, -0.05) is 31.0 Å². The Balaban J connectivity index is 1.90. The highest BCUT2D eigenvalue weighted by molar-refractivity contribution is 5.99. The molecule has 2 atom stereocenters. The van der Waals surface area contributed by atoms with Crippen LogP contribution in [-0.4, -0.2) is 28.1 Å². The molecule has 3 nitrogen and oxygen atoms in total. The quantitative estimate of drug-likeness (QED) is 0.824. The standard InChI is InChI=1S/C15H19NO2/c1-10-5-4-6-11-9-16(15(18)14(10)11)12-7-2-3-8-13(12)17/h4-6,12-13,17H,2-3,7-9H2,1H3/t12-,13+/m1/s1. The van der Waals surface area contributed by atoms with Gasteiger partial charge in [0.25, 0.3) is 5.91 Å². The van der Waals surface area contributed by atoms with Gasteiger partial charge in [-0.3, -0.25) is 4.79 Å². The summed E-state index contributed by atoms with van der Waals surface area (Å²) in [6, 6.07) is 6.02. The largest absolute Gasteiger partial charge is 0.391 e. The third-order valence-electron chi connectivity index (χ3n) is 4.27. The number of amides is 1. The maximum Gasteiger partial charge on any atom is 0.255 e. The minimum Gasteiger partial charge on any atom is -0.391 e. The van der Waals surface area contributed by atoms with Crippen LogP contribution in [-0.2, 0) is 6.54 Å². The fourth-order valence-corrected chi connectivity index (χ4v) is 3.29. The van der Waals surface area contributed by atoms with Gasteiger partial charge in [-0.2, -0.15) is 0 Å². The van der Waals surface area contributed by atoms with Crippen LogP contribution in [0.5, 0.6) is 0 Å². The van der Waals surface area contributed by atoms with Crippen LogP contribution in [0.2, 0.25) is 0 Å². The van der Waals surface area contributed by atoms with E-state index in [1.807, 2.05) is 30.0 Å². The lowest BCUT2D eigenvalue weighted by Crippen LogP contribution is -2.45. The zero-order chi connectivity index (χ0) is 12.7. The first kappa shape index (κ1) is 11.7. The number of aliphatic hydroxyl groups is 1. The summed E-state index contributed by atoms with van der Waals surface area (Å²) >= 11 is 0. The summed E-state index contributed by atoms with van der Waals surface area (Å²) in [5.41, 5.74) is 3.01. The van der Waals surface area contributed by atoms with Gasteiger partial charge in [0.05, 0.1) is 12.1 Å². The van der Waals surface area contributed by atoms with Crippen LogP contribution in [0.15, 0.2) is 18.2 Å². The Morgan fingerprint density at radius 2 is 2.06 bits per heavy atom. The van der Waals surface area contributed by atoms with E-state index in [0.29, 0.717) is 6.54 Å². The summed E-state index contributed by atoms with van der Waals surface area (Å²) in [6.07, 6.45) is 3.59. The van der Waals surface area contributed by atoms with Crippen molar-refractivity contribution in [2.45, 2.75) is 51.3 Å². The van der Waals surface area contributed by atoms with Gasteiger partial charge >= 0.3 is 0 Å². The summed E-state index contributed by atoms with van der Waals surface area (Å²) in [5.74, 6) is 0.106. The summed E-state index contributed by atoms with van der Waals surface area (Å²) in [4.78, 5) is 14.4. The minimum atomic E-state index is -0.350. The Bertz CT molecular complexity index is 483. The molecule has 1 aliphatic heterocycles. The van der Waals surface area contributed by atoms with E-state index in [2.05, 4.69) is 0 Å². The van der Waals surface area contributed by atoms with Crippen molar-refractivity contribution in [3.63, 3.8) is 0 Å². The van der Waals surface area contributed by atoms with Gasteiger partial charge in [0.2, 0.25) is 0 Å². The summed E-state index contributed by atoms with van der Waals surface area (Å²) < 4.78 is 0. The summed E-state index contributed by atoms with van der Waals surface area (Å²) in [6.45, 7) is 2.65. The van der Waals surface area contributed by atoms with Gasteiger partial charge in [-0.05, 0) is 30.9 Å². The van der Waals surface area contributed by atoms with Gasteiger partial charge in [0, 0.05) is 12.1 Å². The third kappa shape index (κ3) is 1.74. The molecule has 3 rings (SSSR count). The van der Waals surface area contributed by atoms with Crippen molar-refractivity contribution in [2.75, 3.05) is 0 Å². The number of aliphatic hydroxyl groups excluding tert-OH is 1. The molecule has 1 amide bonds. The van der Waals surface area contributed by atoms with E-state index in [4.69, 9.17) is 0 Å². The fraction of sp³-hybridized carbons (Fsp3) is 0.533. The SMILES string of the molecule is Cc1cccc2c1C(=O)N([C@@H]1CCCC[C@@H]1O)C2. The normalized spacial score (nSPS) is 27.4. The molecule has 1 saturated carbocycles. The average Bonchev–Trinajstić information content (AvgIpc) is 2.69. The number of carbonyl (C=O) groups excluding carboxylic acids is 1. The van der Waals surface area contributed by atoms with E-state index in [9.17, 15) is 9.90 Å². The van der Waals surface area contributed by atoms with Gasteiger partial charge in [0.15, 0.2) is 0 Å². The molecule has 2 aliphatic rings. The Labute approximate surface area is 107 Å². The van der Waals surface area contributed by atoms with Gasteiger partial charge in [-0.25, -0.2) is 0 Å². The molecule has 18 heavy (non-hydrogen) atoms. The molecule has 0 bridgehead atoms. The zero-order valence-electron chi connectivity index (χ0n) is 10.7. The molecule has 0 unspecified atom stereocenters. The van der Waals surface area contributed by atoms with Gasteiger partial charge in [0.1, 0.15) is 0 Å². The molecular formula is C15H19NO2. The Morgan fingerprint density at radius 1 is 1.28 bits per heavy atom. The molecule has 1 N–H and O–H groups in total. The van der Waals surface area contributed by atoms with Crippen LogP contribution in [0.1, 0.15) is 47.2 Å². The maximum atomic E-state index is 12.5. The lowest BCUT2D eigenvalue weighted by atomic mass is 9.91. The van der Waals surface area contributed by atoms with Crippen LogP contribution in [0.25, 0.3) is 0 Å².